The van der Waals surface area contributed by atoms with Gasteiger partial charge in [0.15, 0.2) is 0 Å². The molecule has 2 fully saturated rings. The Morgan fingerprint density at radius 1 is 1.12 bits per heavy atom. The van der Waals surface area contributed by atoms with E-state index in [-0.39, 0.29) is 11.7 Å². The van der Waals surface area contributed by atoms with Crippen molar-refractivity contribution < 1.29 is 4.39 Å². The predicted molar refractivity (Wildman–Crippen MR) is 59.1 cm³/mol. The van der Waals surface area contributed by atoms with Crippen LogP contribution >= 0.6 is 0 Å². The summed E-state index contributed by atoms with van der Waals surface area (Å²) in [5.41, 5.74) is 1.15. The third kappa shape index (κ3) is 1.35. The minimum Gasteiger partial charge on any atom is -0.207 e. The molecule has 1 aromatic rings. The van der Waals surface area contributed by atoms with E-state index >= 15 is 0 Å². The first-order chi connectivity index (χ1) is 7.79. The fraction of sp³-hybridized carbons (Fsp3) is 0.500. The summed E-state index contributed by atoms with van der Waals surface area (Å²) in [5, 5.41) is 9.25. The summed E-state index contributed by atoms with van der Waals surface area (Å²) in [7, 11) is 0. The van der Waals surface area contributed by atoms with Crippen molar-refractivity contribution in [2.75, 3.05) is 0 Å². The van der Waals surface area contributed by atoms with E-state index in [1.54, 1.807) is 0 Å². The maximum absolute atomic E-state index is 12.9. The van der Waals surface area contributed by atoms with Gasteiger partial charge in [0.05, 0.1) is 12.0 Å². The normalized spacial score (nSPS) is 36.2. The van der Waals surface area contributed by atoms with Gasteiger partial charge >= 0.3 is 0 Å². The Morgan fingerprint density at radius 2 is 1.81 bits per heavy atom. The molecule has 1 nitrogen and oxygen atoms in total. The van der Waals surface area contributed by atoms with Crippen molar-refractivity contribution in [1.82, 2.24) is 0 Å². The van der Waals surface area contributed by atoms with Gasteiger partial charge < -0.3 is 0 Å². The molecular weight excluding hydrogens is 201 g/mol. The quantitative estimate of drug-likeness (QED) is 0.703. The lowest BCUT2D eigenvalue weighted by molar-refractivity contribution is 0.349. The smallest absolute Gasteiger partial charge is 0.123 e. The van der Waals surface area contributed by atoms with Crippen LogP contribution in [0.1, 0.15) is 30.7 Å². The molecule has 2 heteroatoms. The zero-order valence-corrected chi connectivity index (χ0v) is 9.07. The molecule has 0 amide bonds. The highest BCUT2D eigenvalue weighted by atomic mass is 19.1. The average Bonchev–Trinajstić information content (AvgIpc) is 2.89. The molecule has 0 heterocycles. The molecule has 1 aromatic carbocycles. The number of hydrogen-bond acceptors (Lipinski definition) is 1. The second-order valence-corrected chi connectivity index (χ2v) is 5.07. The highest BCUT2D eigenvalue weighted by Gasteiger charge is 2.48. The highest BCUT2D eigenvalue weighted by molar-refractivity contribution is 5.27. The molecule has 2 bridgehead atoms. The van der Waals surface area contributed by atoms with E-state index in [0.29, 0.717) is 17.8 Å². The summed E-state index contributed by atoms with van der Waals surface area (Å²) in [6.07, 6.45) is 3.64. The molecular formula is C14H14FN. The largest absolute Gasteiger partial charge is 0.207 e. The van der Waals surface area contributed by atoms with Gasteiger partial charge in [0.1, 0.15) is 5.82 Å². The number of hydrogen-bond donors (Lipinski definition) is 0. The average molecular weight is 215 g/mol. The number of nitriles is 1. The van der Waals surface area contributed by atoms with E-state index in [1.807, 2.05) is 12.1 Å². The van der Waals surface area contributed by atoms with Crippen molar-refractivity contribution in [2.24, 2.45) is 17.8 Å². The first kappa shape index (κ1) is 9.84. The van der Waals surface area contributed by atoms with Gasteiger partial charge in [0.25, 0.3) is 0 Å². The lowest BCUT2D eigenvalue weighted by Gasteiger charge is -2.26. The standard InChI is InChI=1S/C14H14FN/c15-12-5-3-9(4-6-12)14-11-2-1-10(7-11)13(14)8-16/h3-6,10-11,13-14H,1-2,7H2/t10-,11+,13+,14-/m1/s1. The summed E-state index contributed by atoms with van der Waals surface area (Å²) >= 11 is 0. The first-order valence-corrected chi connectivity index (χ1v) is 5.94. The third-order valence-electron chi connectivity index (χ3n) is 4.32. The van der Waals surface area contributed by atoms with Crippen molar-refractivity contribution in [3.63, 3.8) is 0 Å². The maximum Gasteiger partial charge on any atom is 0.123 e. The summed E-state index contributed by atoms with van der Waals surface area (Å²) in [4.78, 5) is 0. The van der Waals surface area contributed by atoms with Crippen molar-refractivity contribution in [2.45, 2.75) is 25.2 Å². The zero-order valence-electron chi connectivity index (χ0n) is 9.07. The zero-order chi connectivity index (χ0) is 11.1. The number of nitrogens with zero attached hydrogens (tertiary/aromatic N) is 1. The SMILES string of the molecule is N#C[C@H]1[C@@H]2CC[C@@H](C2)[C@H]1c1ccc(F)cc1. The first-order valence-electron chi connectivity index (χ1n) is 5.94. The van der Waals surface area contributed by atoms with Gasteiger partial charge in [0.2, 0.25) is 0 Å². The molecule has 0 aromatic heterocycles. The van der Waals surface area contributed by atoms with Crippen LogP contribution in [0.25, 0.3) is 0 Å². The predicted octanol–water partition coefficient (Wildman–Crippen LogP) is 3.48. The van der Waals surface area contributed by atoms with Crippen LogP contribution in [0.15, 0.2) is 24.3 Å². The summed E-state index contributed by atoms with van der Waals surface area (Å²) < 4.78 is 12.9. The van der Waals surface area contributed by atoms with Crippen LogP contribution < -0.4 is 0 Å². The summed E-state index contributed by atoms with van der Waals surface area (Å²) in [6, 6.07) is 9.19. The molecule has 2 saturated carbocycles. The van der Waals surface area contributed by atoms with E-state index in [9.17, 15) is 9.65 Å². The maximum atomic E-state index is 12.9. The van der Waals surface area contributed by atoms with E-state index in [0.717, 1.165) is 5.56 Å². The molecule has 0 aliphatic heterocycles. The van der Waals surface area contributed by atoms with Crippen molar-refractivity contribution in [3.05, 3.63) is 35.6 Å². The fourth-order valence-electron chi connectivity index (χ4n) is 3.64. The van der Waals surface area contributed by atoms with Gasteiger partial charge in [0, 0.05) is 5.92 Å². The fourth-order valence-corrected chi connectivity index (χ4v) is 3.64. The van der Waals surface area contributed by atoms with Crippen molar-refractivity contribution in [3.8, 4) is 6.07 Å². The third-order valence-corrected chi connectivity index (χ3v) is 4.32. The second-order valence-electron chi connectivity index (χ2n) is 5.07. The Balaban J connectivity index is 1.95. The molecule has 0 unspecified atom stereocenters. The summed E-state index contributed by atoms with van der Waals surface area (Å²) in [6.45, 7) is 0. The topological polar surface area (TPSA) is 23.8 Å². The molecule has 4 atom stereocenters. The van der Waals surface area contributed by atoms with Gasteiger partial charge in [-0.1, -0.05) is 12.1 Å². The molecule has 2 aliphatic rings. The van der Waals surface area contributed by atoms with Crippen LogP contribution in [0.4, 0.5) is 4.39 Å². The van der Waals surface area contributed by atoms with Crippen LogP contribution in [0, 0.1) is 34.9 Å². The van der Waals surface area contributed by atoms with Crippen LogP contribution in [-0.4, -0.2) is 0 Å². The van der Waals surface area contributed by atoms with E-state index < -0.39 is 0 Å². The van der Waals surface area contributed by atoms with Gasteiger partial charge in [-0.2, -0.15) is 5.26 Å². The molecule has 3 rings (SSSR count). The highest BCUT2D eigenvalue weighted by Crippen LogP contribution is 2.56. The number of halogens is 1. The molecule has 0 radical (unpaired) electrons. The second kappa shape index (κ2) is 3.59. The Morgan fingerprint density at radius 3 is 2.50 bits per heavy atom. The van der Waals surface area contributed by atoms with Gasteiger partial charge in [-0.15, -0.1) is 0 Å². The molecule has 0 saturated heterocycles. The van der Waals surface area contributed by atoms with Crippen LogP contribution in [0.5, 0.6) is 0 Å². The van der Waals surface area contributed by atoms with E-state index in [2.05, 4.69) is 6.07 Å². The minimum absolute atomic E-state index is 0.157. The van der Waals surface area contributed by atoms with Crippen LogP contribution in [-0.2, 0) is 0 Å². The van der Waals surface area contributed by atoms with Gasteiger partial charge in [-0.3, -0.25) is 0 Å². The lowest BCUT2D eigenvalue weighted by Crippen LogP contribution is -2.19. The van der Waals surface area contributed by atoms with Crippen molar-refractivity contribution >= 4 is 0 Å². The van der Waals surface area contributed by atoms with Crippen molar-refractivity contribution in [1.29, 1.82) is 5.26 Å². The van der Waals surface area contributed by atoms with Gasteiger partial charge in [-0.05, 0) is 48.8 Å². The Hall–Kier alpha value is -1.36. The molecule has 16 heavy (non-hydrogen) atoms. The Kier molecular flexibility index (Phi) is 2.21. The number of benzene rings is 1. The van der Waals surface area contributed by atoms with Gasteiger partial charge in [-0.25, -0.2) is 4.39 Å². The lowest BCUT2D eigenvalue weighted by atomic mass is 9.76. The molecule has 0 spiro atoms. The van der Waals surface area contributed by atoms with Crippen LogP contribution in [0.3, 0.4) is 0 Å². The molecule has 82 valence electrons. The van der Waals surface area contributed by atoms with E-state index in [1.165, 1.54) is 31.4 Å². The van der Waals surface area contributed by atoms with E-state index in [4.69, 9.17) is 0 Å². The monoisotopic (exact) mass is 215 g/mol. The molecule has 2 aliphatic carbocycles. The Bertz CT molecular complexity index is 431. The van der Waals surface area contributed by atoms with Crippen LogP contribution in [0.2, 0.25) is 0 Å². The Labute approximate surface area is 94.9 Å². The number of rotatable bonds is 1. The number of fused-ring (bicyclic) bond motifs is 2. The summed E-state index contributed by atoms with van der Waals surface area (Å²) in [5.74, 6) is 1.55. The minimum atomic E-state index is -0.194. The molecule has 0 N–H and O–H groups in total.